The van der Waals surface area contributed by atoms with Crippen LogP contribution in [0.4, 0.5) is 10.5 Å². The lowest BCUT2D eigenvalue weighted by atomic mass is 10.2. The van der Waals surface area contributed by atoms with Gasteiger partial charge in [-0.3, -0.25) is 4.90 Å². The predicted molar refractivity (Wildman–Crippen MR) is 93.8 cm³/mol. The van der Waals surface area contributed by atoms with Gasteiger partial charge in [-0.2, -0.15) is 0 Å². The Balaban J connectivity index is 2.39. The van der Waals surface area contributed by atoms with Gasteiger partial charge in [-0.25, -0.2) is 9.59 Å². The van der Waals surface area contributed by atoms with Gasteiger partial charge >= 0.3 is 12.1 Å². The summed E-state index contributed by atoms with van der Waals surface area (Å²) < 4.78 is 16.7. The van der Waals surface area contributed by atoms with Crippen molar-refractivity contribution in [2.75, 3.05) is 18.1 Å². The van der Waals surface area contributed by atoms with Crippen LogP contribution in [-0.2, 0) is 14.3 Å². The maximum Gasteiger partial charge on any atom is 0.415 e. The topological polar surface area (TPSA) is 65.1 Å². The lowest BCUT2D eigenvalue weighted by molar-refractivity contribution is -0.151. The van der Waals surface area contributed by atoms with Crippen LogP contribution in [0.25, 0.3) is 0 Å². The number of amides is 1. The van der Waals surface area contributed by atoms with Gasteiger partial charge in [-0.1, -0.05) is 11.6 Å². The molecular formula is C16H19BrClNO5. The second-order valence-corrected chi connectivity index (χ2v) is 7.45. The zero-order valence-electron chi connectivity index (χ0n) is 13.9. The van der Waals surface area contributed by atoms with E-state index in [1.807, 2.05) is 0 Å². The molecule has 1 aromatic carbocycles. The minimum Gasteiger partial charge on any atom is -0.475 e. The van der Waals surface area contributed by atoms with E-state index in [4.69, 9.17) is 25.8 Å². The molecule has 8 heteroatoms. The molecule has 2 rings (SSSR count). The Morgan fingerprint density at radius 2 is 2.08 bits per heavy atom. The quantitative estimate of drug-likeness (QED) is 0.672. The maximum absolute atomic E-state index is 12.5. The highest BCUT2D eigenvalue weighted by Gasteiger charge is 2.37. The second-order valence-electron chi connectivity index (χ2n) is 6.18. The van der Waals surface area contributed by atoms with Crippen molar-refractivity contribution in [2.24, 2.45) is 0 Å². The Morgan fingerprint density at radius 3 is 2.67 bits per heavy atom. The standard InChI is InChI=1S/C16H19BrClNO5/c1-5-22-14(20)13-8-19(15(21)24-16(2,3)4)11-7-10(18)9(17)6-12(11)23-13/h6-7,13H,5,8H2,1-4H3. The van der Waals surface area contributed by atoms with Crippen molar-refractivity contribution in [3.8, 4) is 5.75 Å². The van der Waals surface area contributed by atoms with Crippen molar-refractivity contribution in [1.29, 1.82) is 0 Å². The van der Waals surface area contributed by atoms with Crippen molar-refractivity contribution in [3.05, 3.63) is 21.6 Å². The molecule has 1 atom stereocenters. The van der Waals surface area contributed by atoms with Gasteiger partial charge in [0, 0.05) is 4.47 Å². The molecule has 1 heterocycles. The summed E-state index contributed by atoms with van der Waals surface area (Å²) in [5, 5.41) is 0.417. The number of carbonyl (C=O) groups excluding carboxylic acids is 2. The van der Waals surface area contributed by atoms with Crippen LogP contribution in [0.2, 0.25) is 5.02 Å². The Labute approximate surface area is 154 Å². The zero-order valence-corrected chi connectivity index (χ0v) is 16.2. The molecule has 6 nitrogen and oxygen atoms in total. The molecule has 0 radical (unpaired) electrons. The van der Waals surface area contributed by atoms with Gasteiger partial charge in [0.2, 0.25) is 6.10 Å². The fourth-order valence-electron chi connectivity index (χ4n) is 2.13. The van der Waals surface area contributed by atoms with Crippen LogP contribution in [0.1, 0.15) is 27.7 Å². The number of anilines is 1. The minimum atomic E-state index is -0.932. The van der Waals surface area contributed by atoms with Crippen molar-refractivity contribution in [1.82, 2.24) is 0 Å². The van der Waals surface area contributed by atoms with E-state index in [1.54, 1.807) is 39.8 Å². The van der Waals surface area contributed by atoms with Crippen molar-refractivity contribution >= 4 is 45.3 Å². The van der Waals surface area contributed by atoms with Gasteiger partial charge in [0.15, 0.2) is 0 Å². The molecule has 132 valence electrons. The van der Waals surface area contributed by atoms with Gasteiger partial charge < -0.3 is 14.2 Å². The number of hydrogen-bond donors (Lipinski definition) is 0. The number of rotatable bonds is 2. The Bertz CT molecular complexity index is 659. The first kappa shape index (κ1) is 18.9. The highest BCUT2D eigenvalue weighted by molar-refractivity contribution is 9.10. The average Bonchev–Trinajstić information content (AvgIpc) is 2.46. The van der Waals surface area contributed by atoms with Crippen LogP contribution in [0.15, 0.2) is 16.6 Å². The zero-order chi connectivity index (χ0) is 18.1. The molecule has 1 aromatic rings. The molecule has 24 heavy (non-hydrogen) atoms. The number of ether oxygens (including phenoxy) is 3. The van der Waals surface area contributed by atoms with Crippen LogP contribution in [-0.4, -0.2) is 36.9 Å². The Kier molecular flexibility index (Phi) is 5.65. The van der Waals surface area contributed by atoms with Crippen LogP contribution in [0.5, 0.6) is 5.75 Å². The lowest BCUT2D eigenvalue weighted by Crippen LogP contribution is -2.49. The number of carbonyl (C=O) groups is 2. The largest absolute Gasteiger partial charge is 0.475 e. The Morgan fingerprint density at radius 1 is 1.42 bits per heavy atom. The van der Waals surface area contributed by atoms with E-state index in [-0.39, 0.29) is 13.2 Å². The lowest BCUT2D eigenvalue weighted by Gasteiger charge is -2.35. The molecule has 0 N–H and O–H groups in total. The highest BCUT2D eigenvalue weighted by atomic mass is 79.9. The molecule has 1 unspecified atom stereocenters. The van der Waals surface area contributed by atoms with E-state index in [0.29, 0.717) is 20.9 Å². The van der Waals surface area contributed by atoms with Gasteiger partial charge in [0.05, 0.1) is 23.9 Å². The van der Waals surface area contributed by atoms with Crippen molar-refractivity contribution in [2.45, 2.75) is 39.4 Å². The number of hydrogen-bond acceptors (Lipinski definition) is 5. The van der Waals surface area contributed by atoms with Gasteiger partial charge in [-0.05, 0) is 55.8 Å². The first-order chi connectivity index (χ1) is 11.1. The highest BCUT2D eigenvalue weighted by Crippen LogP contribution is 2.40. The molecule has 0 bridgehead atoms. The summed E-state index contributed by atoms with van der Waals surface area (Å²) in [4.78, 5) is 25.9. The number of fused-ring (bicyclic) bond motifs is 1. The van der Waals surface area contributed by atoms with E-state index < -0.39 is 23.8 Å². The van der Waals surface area contributed by atoms with E-state index in [0.717, 1.165) is 0 Å². The van der Waals surface area contributed by atoms with Crippen LogP contribution >= 0.6 is 27.5 Å². The number of nitrogens with zero attached hydrogens (tertiary/aromatic N) is 1. The molecule has 1 amide bonds. The summed E-state index contributed by atoms with van der Waals surface area (Å²) in [5.41, 5.74) is -0.230. The monoisotopic (exact) mass is 419 g/mol. The summed E-state index contributed by atoms with van der Waals surface area (Å²) in [6.07, 6.45) is -1.52. The molecule has 0 aromatic heterocycles. The summed E-state index contributed by atoms with van der Waals surface area (Å²) in [7, 11) is 0. The van der Waals surface area contributed by atoms with E-state index in [9.17, 15) is 9.59 Å². The third-order valence-electron chi connectivity index (χ3n) is 3.07. The molecule has 0 spiro atoms. The summed E-state index contributed by atoms with van der Waals surface area (Å²) >= 11 is 9.43. The molecule has 0 aliphatic carbocycles. The normalized spacial score (nSPS) is 16.9. The molecular weight excluding hydrogens is 402 g/mol. The first-order valence-electron chi connectivity index (χ1n) is 7.45. The number of esters is 1. The third-order valence-corrected chi connectivity index (χ3v) is 4.27. The fourth-order valence-corrected chi connectivity index (χ4v) is 2.61. The average molecular weight is 421 g/mol. The minimum absolute atomic E-state index is 0.0152. The molecule has 0 saturated heterocycles. The van der Waals surface area contributed by atoms with Crippen molar-refractivity contribution < 1.29 is 23.8 Å². The number of halogens is 2. The van der Waals surface area contributed by atoms with Crippen LogP contribution < -0.4 is 9.64 Å². The van der Waals surface area contributed by atoms with E-state index in [2.05, 4.69) is 15.9 Å². The number of benzene rings is 1. The molecule has 0 saturated carbocycles. The fraction of sp³-hybridized carbons (Fsp3) is 0.500. The van der Waals surface area contributed by atoms with Gasteiger partial charge in [0.25, 0.3) is 0 Å². The second kappa shape index (κ2) is 7.19. The van der Waals surface area contributed by atoms with Crippen LogP contribution in [0, 0.1) is 0 Å². The maximum atomic E-state index is 12.5. The summed E-state index contributed by atoms with van der Waals surface area (Å²) in [6.45, 7) is 7.22. The SMILES string of the molecule is CCOC(=O)C1CN(C(=O)OC(C)(C)C)c2cc(Cl)c(Br)cc2O1. The van der Waals surface area contributed by atoms with Crippen molar-refractivity contribution in [3.63, 3.8) is 0 Å². The van der Waals surface area contributed by atoms with Gasteiger partial charge in [0.1, 0.15) is 11.4 Å². The predicted octanol–water partition coefficient (Wildman–Crippen LogP) is 4.17. The smallest absolute Gasteiger partial charge is 0.415 e. The summed E-state index contributed by atoms with van der Waals surface area (Å²) in [6, 6.07) is 3.20. The molecule has 1 aliphatic rings. The van der Waals surface area contributed by atoms with Crippen LogP contribution in [0.3, 0.4) is 0 Å². The first-order valence-corrected chi connectivity index (χ1v) is 8.62. The third kappa shape index (κ3) is 4.33. The molecule has 0 fully saturated rings. The van der Waals surface area contributed by atoms with Gasteiger partial charge in [-0.15, -0.1) is 0 Å². The van der Waals surface area contributed by atoms with E-state index >= 15 is 0 Å². The summed E-state index contributed by atoms with van der Waals surface area (Å²) in [5.74, 6) is -0.191. The Hall–Kier alpha value is -1.47. The molecule has 1 aliphatic heterocycles. The van der Waals surface area contributed by atoms with E-state index in [1.165, 1.54) is 4.90 Å².